The van der Waals surface area contributed by atoms with Crippen molar-refractivity contribution in [2.75, 3.05) is 0 Å². The summed E-state index contributed by atoms with van der Waals surface area (Å²) in [5.41, 5.74) is 13.1. The van der Waals surface area contributed by atoms with Crippen LogP contribution in [0.25, 0.3) is 28.1 Å². The summed E-state index contributed by atoms with van der Waals surface area (Å²) in [7, 11) is 0. The number of ether oxygens (including phenoxy) is 3. The molecule has 0 amide bonds. The molecule has 2 aliphatic heterocycles. The number of pyridine rings is 1. The average Bonchev–Trinajstić information content (AvgIpc) is 3.49. The van der Waals surface area contributed by atoms with Crippen molar-refractivity contribution in [1.82, 2.24) is 14.5 Å². The fraction of sp³-hybridized carbons (Fsp3) is 0.234. The number of hydrogen-bond acceptors (Lipinski definition) is 5. The van der Waals surface area contributed by atoms with Crippen LogP contribution in [0.2, 0.25) is 0 Å². The van der Waals surface area contributed by atoms with Crippen LogP contribution in [0.4, 0.5) is 0 Å². The largest absolute Gasteiger partial charge is 0.458 e. The first kappa shape index (κ1) is 34.0. The summed E-state index contributed by atoms with van der Waals surface area (Å²) in [6.45, 7) is 19.6. The number of aryl methyl sites for hydroxylation is 3. The van der Waals surface area contributed by atoms with Gasteiger partial charge in [0, 0.05) is 23.3 Å². The van der Waals surface area contributed by atoms with E-state index in [-0.39, 0.29) is 17.5 Å². The molecule has 0 saturated heterocycles. The van der Waals surface area contributed by atoms with Crippen LogP contribution in [0.3, 0.4) is 0 Å². The molecule has 0 saturated carbocycles. The summed E-state index contributed by atoms with van der Waals surface area (Å²) in [4.78, 5) is 9.84. The van der Waals surface area contributed by atoms with E-state index in [1.807, 2.05) is 30.5 Å². The Morgan fingerprint density at radius 1 is 0.648 bits per heavy atom. The van der Waals surface area contributed by atoms with Gasteiger partial charge in [-0.2, -0.15) is 0 Å². The minimum Gasteiger partial charge on any atom is -0.458 e. The zero-order chi connectivity index (χ0) is 37.7. The lowest BCUT2D eigenvalue weighted by atomic mass is 9.34. The van der Waals surface area contributed by atoms with E-state index in [1.54, 1.807) is 0 Å². The first-order valence-electron chi connectivity index (χ1n) is 18.8. The van der Waals surface area contributed by atoms with E-state index in [2.05, 4.69) is 145 Å². The minimum absolute atomic E-state index is 0.0301. The Hall–Kier alpha value is -5.82. The zero-order valence-corrected chi connectivity index (χ0v) is 32.5. The predicted octanol–water partition coefficient (Wildman–Crippen LogP) is 10.1. The number of nitrogens with zero attached hydrogens (tertiary/aromatic N) is 3. The molecule has 4 heterocycles. The van der Waals surface area contributed by atoms with E-state index < -0.39 is 0 Å². The van der Waals surface area contributed by atoms with Crippen molar-refractivity contribution in [3.05, 3.63) is 131 Å². The van der Waals surface area contributed by atoms with Crippen molar-refractivity contribution in [1.29, 1.82) is 0 Å². The van der Waals surface area contributed by atoms with Crippen LogP contribution < -0.4 is 30.6 Å². The van der Waals surface area contributed by atoms with Gasteiger partial charge >= 0.3 is 0 Å². The van der Waals surface area contributed by atoms with Crippen LogP contribution in [-0.4, -0.2) is 21.2 Å². The van der Waals surface area contributed by atoms with Crippen molar-refractivity contribution in [3.63, 3.8) is 0 Å². The molecule has 0 aliphatic carbocycles. The maximum absolute atomic E-state index is 6.81. The fourth-order valence-corrected chi connectivity index (χ4v) is 8.14. The molecular weight excluding hydrogens is 665 g/mol. The first-order valence-corrected chi connectivity index (χ1v) is 18.8. The number of fused-ring (bicyclic) bond motifs is 5. The monoisotopic (exact) mass is 709 g/mol. The van der Waals surface area contributed by atoms with Gasteiger partial charge in [-0.05, 0) is 125 Å². The number of imidazole rings is 1. The zero-order valence-electron chi connectivity index (χ0n) is 32.5. The summed E-state index contributed by atoms with van der Waals surface area (Å²) in [5.74, 6) is 5.39. The Kier molecular flexibility index (Phi) is 7.62. The molecule has 0 radical (unpaired) electrons. The summed E-state index contributed by atoms with van der Waals surface area (Å²) >= 11 is 0. The van der Waals surface area contributed by atoms with E-state index in [4.69, 9.17) is 19.2 Å². The van der Waals surface area contributed by atoms with Crippen molar-refractivity contribution in [2.45, 2.75) is 73.1 Å². The third kappa shape index (κ3) is 5.65. The Morgan fingerprint density at radius 3 is 1.98 bits per heavy atom. The van der Waals surface area contributed by atoms with E-state index in [1.165, 1.54) is 16.7 Å². The highest BCUT2D eigenvalue weighted by atomic mass is 16.5. The lowest BCUT2D eigenvalue weighted by Gasteiger charge is -2.35. The molecule has 9 rings (SSSR count). The summed E-state index contributed by atoms with van der Waals surface area (Å²) in [5, 5.41) is 0. The maximum atomic E-state index is 6.81. The van der Waals surface area contributed by atoms with Gasteiger partial charge in [0.15, 0.2) is 0 Å². The quantitative estimate of drug-likeness (QED) is 0.170. The molecule has 54 heavy (non-hydrogen) atoms. The van der Waals surface area contributed by atoms with E-state index >= 15 is 0 Å². The van der Waals surface area contributed by atoms with Gasteiger partial charge in [-0.25, -0.2) is 9.97 Å². The van der Waals surface area contributed by atoms with E-state index in [9.17, 15) is 0 Å². The number of benzene rings is 5. The van der Waals surface area contributed by atoms with Gasteiger partial charge in [0.05, 0.1) is 16.7 Å². The molecule has 5 aromatic carbocycles. The predicted molar refractivity (Wildman–Crippen MR) is 220 cm³/mol. The van der Waals surface area contributed by atoms with Gasteiger partial charge in [0.25, 0.3) is 6.71 Å². The van der Waals surface area contributed by atoms with Crippen LogP contribution >= 0.6 is 0 Å². The molecule has 6 nitrogen and oxygen atoms in total. The second-order valence-electron chi connectivity index (χ2n) is 17.0. The second-order valence-corrected chi connectivity index (χ2v) is 17.0. The Morgan fingerprint density at radius 2 is 1.30 bits per heavy atom. The molecule has 7 aromatic rings. The normalized spacial score (nSPS) is 13.2. The Balaban J connectivity index is 1.23. The maximum Gasteiger partial charge on any atom is 0.260 e. The van der Waals surface area contributed by atoms with Crippen LogP contribution in [0.1, 0.15) is 69.4 Å². The number of para-hydroxylation sites is 2. The van der Waals surface area contributed by atoms with Gasteiger partial charge < -0.3 is 14.2 Å². The first-order chi connectivity index (χ1) is 25.7. The van der Waals surface area contributed by atoms with Crippen molar-refractivity contribution >= 4 is 34.1 Å². The van der Waals surface area contributed by atoms with Crippen LogP contribution in [0, 0.1) is 20.8 Å². The molecule has 0 bridgehead atoms. The molecule has 0 unspecified atom stereocenters. The van der Waals surface area contributed by atoms with Gasteiger partial charge in [-0.3, -0.25) is 4.57 Å². The van der Waals surface area contributed by atoms with Crippen LogP contribution in [0.5, 0.6) is 34.6 Å². The third-order valence-corrected chi connectivity index (χ3v) is 10.8. The molecule has 0 atom stereocenters. The van der Waals surface area contributed by atoms with Gasteiger partial charge in [0.1, 0.15) is 34.6 Å². The molecule has 0 spiro atoms. The Labute approximate surface area is 317 Å². The van der Waals surface area contributed by atoms with E-state index in [0.717, 1.165) is 78.6 Å². The second kappa shape index (κ2) is 12.1. The number of rotatable bonds is 4. The van der Waals surface area contributed by atoms with Gasteiger partial charge in [-0.1, -0.05) is 77.4 Å². The molecule has 2 aromatic heterocycles. The van der Waals surface area contributed by atoms with Gasteiger partial charge in [0.2, 0.25) is 5.88 Å². The molecule has 2 aliphatic rings. The summed E-state index contributed by atoms with van der Waals surface area (Å²) in [6, 6.07) is 33.9. The molecular formula is C47H44BN3O3. The van der Waals surface area contributed by atoms with Crippen LogP contribution in [-0.2, 0) is 10.8 Å². The molecule has 0 fully saturated rings. The van der Waals surface area contributed by atoms with Gasteiger partial charge in [-0.15, -0.1) is 0 Å². The van der Waals surface area contributed by atoms with Crippen LogP contribution in [0.15, 0.2) is 103 Å². The molecule has 7 heteroatoms. The minimum atomic E-state index is -0.172. The lowest BCUT2D eigenvalue weighted by Crippen LogP contribution is -2.57. The third-order valence-electron chi connectivity index (χ3n) is 10.8. The van der Waals surface area contributed by atoms with E-state index in [0.29, 0.717) is 11.6 Å². The topological polar surface area (TPSA) is 58.4 Å². The average molecular weight is 710 g/mol. The summed E-state index contributed by atoms with van der Waals surface area (Å²) < 4.78 is 22.4. The summed E-state index contributed by atoms with van der Waals surface area (Å²) in [6.07, 6.45) is 1.82. The highest BCUT2D eigenvalue weighted by molar-refractivity contribution is 6.98. The number of aromatic nitrogens is 3. The number of hydrogen-bond donors (Lipinski definition) is 0. The highest BCUT2D eigenvalue weighted by Gasteiger charge is 2.42. The Bertz CT molecular complexity index is 2620. The van der Waals surface area contributed by atoms with Crippen molar-refractivity contribution in [2.24, 2.45) is 0 Å². The van der Waals surface area contributed by atoms with Crippen molar-refractivity contribution in [3.8, 4) is 51.7 Å². The standard InChI is InChI=1S/C47H44BN3O3/c1-27-20-28(2)44(29(3)21-27)51-37-13-11-10-12-36(37)50-45(51)30-14-16-38-34(22-30)48-35-26-33(52-42-25-31(18-19-49-42)46(4,5)6)15-17-39(35)54-41-24-32(47(7,8)9)23-40(53-38)43(41)48/h10-26H,1-9H3. The lowest BCUT2D eigenvalue weighted by molar-refractivity contribution is 0.449. The smallest absolute Gasteiger partial charge is 0.260 e. The van der Waals surface area contributed by atoms with Crippen molar-refractivity contribution < 1.29 is 14.2 Å². The fourth-order valence-electron chi connectivity index (χ4n) is 8.14. The molecule has 268 valence electrons. The SMILES string of the molecule is Cc1cc(C)c(-n2c(-c3ccc4c(c3)B3c5cc(Oc6cc(C(C)(C)C)ccn6)ccc5Oc5cc(C(C)(C)C)cc(c53)O4)nc3ccccc32)c(C)c1. The molecule has 0 N–H and O–H groups in total. The highest BCUT2D eigenvalue weighted by Crippen LogP contribution is 2.41.